The summed E-state index contributed by atoms with van der Waals surface area (Å²) in [6.07, 6.45) is 4.41. The Morgan fingerprint density at radius 3 is 2.68 bits per heavy atom. The number of hydrogen-bond acceptors (Lipinski definition) is 5. The van der Waals surface area contributed by atoms with Gasteiger partial charge in [0.2, 0.25) is 5.91 Å². The summed E-state index contributed by atoms with van der Waals surface area (Å²) in [7, 11) is 1.73. The maximum atomic E-state index is 12.6. The molecule has 2 rings (SSSR count). The van der Waals surface area contributed by atoms with Gasteiger partial charge in [-0.05, 0) is 25.5 Å². The predicted octanol–water partition coefficient (Wildman–Crippen LogP) is 0.990. The van der Waals surface area contributed by atoms with Crippen molar-refractivity contribution in [2.24, 2.45) is 0 Å². The lowest BCUT2D eigenvalue weighted by Gasteiger charge is -2.30. The van der Waals surface area contributed by atoms with Crippen molar-refractivity contribution in [1.82, 2.24) is 19.7 Å². The average molecular weight is 343 g/mol. The van der Waals surface area contributed by atoms with Crippen LogP contribution in [0, 0.1) is 11.3 Å². The monoisotopic (exact) mass is 343 g/mol. The second-order valence-corrected chi connectivity index (χ2v) is 6.26. The van der Waals surface area contributed by atoms with Crippen molar-refractivity contribution in [3.05, 3.63) is 30.1 Å². The summed E-state index contributed by atoms with van der Waals surface area (Å²) in [6.45, 7) is 5.06. The number of nitrogens with zero attached hydrogens (tertiary/aromatic N) is 5. The maximum absolute atomic E-state index is 12.6. The van der Waals surface area contributed by atoms with Gasteiger partial charge in [-0.1, -0.05) is 0 Å². The van der Waals surface area contributed by atoms with Crippen LogP contribution in [0.25, 0.3) is 0 Å². The molecule has 1 fully saturated rings. The number of likely N-dealkylation sites (N-methyl/N-ethyl adjacent to an activating group) is 1. The first-order valence-corrected chi connectivity index (χ1v) is 8.60. The number of nitriles is 1. The van der Waals surface area contributed by atoms with Crippen molar-refractivity contribution in [3.8, 4) is 6.07 Å². The van der Waals surface area contributed by atoms with Gasteiger partial charge in [0.1, 0.15) is 0 Å². The Bertz CT molecular complexity index is 628. The highest BCUT2D eigenvalue weighted by molar-refractivity contribution is 5.94. The molecule has 0 radical (unpaired) electrons. The molecule has 0 spiro atoms. The Morgan fingerprint density at radius 1 is 1.28 bits per heavy atom. The summed E-state index contributed by atoms with van der Waals surface area (Å²) in [5.41, 5.74) is 0.642. The smallest absolute Gasteiger partial charge is 0.254 e. The molecule has 1 aromatic heterocycles. The summed E-state index contributed by atoms with van der Waals surface area (Å²) >= 11 is 0. The van der Waals surface area contributed by atoms with Gasteiger partial charge in [-0.25, -0.2) is 0 Å². The number of aromatic nitrogens is 1. The molecule has 0 saturated carbocycles. The van der Waals surface area contributed by atoms with E-state index >= 15 is 0 Å². The molecule has 134 valence electrons. The number of hydrogen-bond donors (Lipinski definition) is 0. The van der Waals surface area contributed by atoms with Crippen molar-refractivity contribution in [2.45, 2.75) is 25.8 Å². The van der Waals surface area contributed by atoms with Crippen molar-refractivity contribution in [1.29, 1.82) is 5.26 Å². The third kappa shape index (κ3) is 5.00. The molecule has 0 bridgehead atoms. The molecule has 1 unspecified atom stereocenters. The number of amides is 2. The Hall–Kier alpha value is -2.46. The van der Waals surface area contributed by atoms with E-state index in [2.05, 4.69) is 16.0 Å². The Morgan fingerprint density at radius 2 is 2.00 bits per heavy atom. The minimum atomic E-state index is -0.250. The van der Waals surface area contributed by atoms with Crippen LogP contribution in [0.4, 0.5) is 0 Å². The van der Waals surface area contributed by atoms with Gasteiger partial charge >= 0.3 is 0 Å². The van der Waals surface area contributed by atoms with Crippen LogP contribution in [0.1, 0.15) is 30.1 Å². The van der Waals surface area contributed by atoms with Gasteiger partial charge in [0.15, 0.2) is 0 Å². The Labute approximate surface area is 148 Å². The first kappa shape index (κ1) is 18.9. The molecule has 0 aliphatic carbocycles. The molecule has 0 N–H and O–H groups in total. The third-order valence-corrected chi connectivity index (χ3v) is 4.59. The van der Waals surface area contributed by atoms with Crippen LogP contribution in [0.15, 0.2) is 24.5 Å². The van der Waals surface area contributed by atoms with Crippen LogP contribution >= 0.6 is 0 Å². The topological polar surface area (TPSA) is 80.5 Å². The highest BCUT2D eigenvalue weighted by Crippen LogP contribution is 2.12. The van der Waals surface area contributed by atoms with E-state index in [4.69, 9.17) is 5.26 Å². The van der Waals surface area contributed by atoms with Crippen LogP contribution in [-0.2, 0) is 4.79 Å². The summed E-state index contributed by atoms with van der Waals surface area (Å²) in [6, 6.07) is 5.26. The summed E-state index contributed by atoms with van der Waals surface area (Å²) in [5, 5.41) is 8.66. The highest BCUT2D eigenvalue weighted by atomic mass is 16.2. The number of carbonyl (C=O) groups is 2. The fourth-order valence-corrected chi connectivity index (χ4v) is 3.01. The van der Waals surface area contributed by atoms with Crippen molar-refractivity contribution < 1.29 is 9.59 Å². The Kier molecular flexibility index (Phi) is 6.90. The number of pyridine rings is 1. The largest absolute Gasteiger partial charge is 0.343 e. The molecule has 0 aromatic carbocycles. The molecule has 7 nitrogen and oxygen atoms in total. The van der Waals surface area contributed by atoms with Gasteiger partial charge in [0.05, 0.1) is 18.5 Å². The molecule has 1 aliphatic heterocycles. The molecular weight excluding hydrogens is 318 g/mol. The highest BCUT2D eigenvalue weighted by Gasteiger charge is 2.27. The molecule has 1 saturated heterocycles. The molecule has 1 atom stereocenters. The summed E-state index contributed by atoms with van der Waals surface area (Å²) in [5.74, 6) is 0.0264. The fraction of sp³-hybridized carbons (Fsp3) is 0.556. The average Bonchev–Trinajstić information content (AvgIpc) is 2.91. The lowest BCUT2D eigenvalue weighted by atomic mass is 10.2. The van der Waals surface area contributed by atoms with Crippen molar-refractivity contribution >= 4 is 11.8 Å². The number of carbonyl (C=O) groups excluding carboxylic acids is 2. The zero-order valence-electron chi connectivity index (χ0n) is 14.9. The normalized spacial score (nSPS) is 16.6. The second kappa shape index (κ2) is 9.14. The maximum Gasteiger partial charge on any atom is 0.254 e. The van der Waals surface area contributed by atoms with Gasteiger partial charge in [-0.2, -0.15) is 5.26 Å². The van der Waals surface area contributed by atoms with Crippen molar-refractivity contribution in [3.63, 3.8) is 0 Å². The molecule has 1 aliphatic rings. The molecule has 25 heavy (non-hydrogen) atoms. The van der Waals surface area contributed by atoms with E-state index in [0.717, 1.165) is 13.0 Å². The van der Waals surface area contributed by atoms with E-state index in [1.807, 2.05) is 11.8 Å². The zero-order valence-corrected chi connectivity index (χ0v) is 14.9. The minimum Gasteiger partial charge on any atom is -0.343 e. The van der Waals surface area contributed by atoms with Crippen LogP contribution in [0.2, 0.25) is 0 Å². The van der Waals surface area contributed by atoms with Crippen molar-refractivity contribution in [2.75, 3.05) is 39.8 Å². The first-order valence-electron chi connectivity index (χ1n) is 8.60. The van der Waals surface area contributed by atoms with E-state index in [0.29, 0.717) is 38.2 Å². The quantitative estimate of drug-likeness (QED) is 0.796. The molecular formula is C18H25N5O2. The molecule has 2 amide bonds. The SMILES string of the molecule is CC(C(=O)N(C)CCC#N)N1CCCN(C(=O)c2ccncc2)CC1. The van der Waals surface area contributed by atoms with Gasteiger partial charge in [0.25, 0.3) is 5.91 Å². The van der Waals surface area contributed by atoms with E-state index in [-0.39, 0.29) is 17.9 Å². The van der Waals surface area contributed by atoms with E-state index in [1.165, 1.54) is 0 Å². The van der Waals surface area contributed by atoms with E-state index < -0.39 is 0 Å². The second-order valence-electron chi connectivity index (χ2n) is 6.26. The Balaban J connectivity index is 1.93. The minimum absolute atomic E-state index is 0.00867. The van der Waals surface area contributed by atoms with Crippen LogP contribution in [-0.4, -0.2) is 77.3 Å². The lowest BCUT2D eigenvalue weighted by molar-refractivity contribution is -0.135. The van der Waals surface area contributed by atoms with Crippen LogP contribution in [0.5, 0.6) is 0 Å². The lowest BCUT2D eigenvalue weighted by Crippen LogP contribution is -2.47. The van der Waals surface area contributed by atoms with Gasteiger partial charge < -0.3 is 9.80 Å². The van der Waals surface area contributed by atoms with E-state index in [1.54, 1.807) is 36.5 Å². The summed E-state index contributed by atoms with van der Waals surface area (Å²) < 4.78 is 0. The predicted molar refractivity (Wildman–Crippen MR) is 93.7 cm³/mol. The standard InChI is InChI=1S/C18H25N5O2/c1-15(17(24)21(2)10-3-7-19)22-11-4-12-23(14-13-22)18(25)16-5-8-20-9-6-16/h5-6,8-9,15H,3-4,10-14H2,1-2H3. The van der Waals surface area contributed by atoms with Gasteiger partial charge in [0, 0.05) is 57.7 Å². The zero-order chi connectivity index (χ0) is 18.2. The van der Waals surface area contributed by atoms with Crippen LogP contribution < -0.4 is 0 Å². The van der Waals surface area contributed by atoms with Gasteiger partial charge in [-0.15, -0.1) is 0 Å². The fourth-order valence-electron chi connectivity index (χ4n) is 3.01. The molecule has 2 heterocycles. The summed E-state index contributed by atoms with van der Waals surface area (Å²) in [4.78, 5) is 34.6. The van der Waals surface area contributed by atoms with Crippen LogP contribution in [0.3, 0.4) is 0 Å². The molecule has 7 heteroatoms. The van der Waals surface area contributed by atoms with Gasteiger partial charge in [-0.3, -0.25) is 19.5 Å². The third-order valence-electron chi connectivity index (χ3n) is 4.59. The van der Waals surface area contributed by atoms with E-state index in [9.17, 15) is 9.59 Å². The first-order chi connectivity index (χ1) is 12.0. The molecule has 1 aromatic rings. The number of rotatable bonds is 5.